The molecule has 0 spiro atoms. The molecule has 6 nitrogen and oxygen atoms in total. The summed E-state index contributed by atoms with van der Waals surface area (Å²) in [4.78, 5) is 18.6. The molecule has 3 heterocycles. The van der Waals surface area contributed by atoms with E-state index in [0.717, 1.165) is 0 Å². The SMILES string of the molecule is O=Cc1ccc(Cl)nc1F.O=S1(=O)CCN(Cc2ccc(Cl)nc2F)CC1. The molecule has 3 rings (SSSR count). The Morgan fingerprint density at radius 3 is 2.07 bits per heavy atom. The lowest BCUT2D eigenvalue weighted by molar-refractivity contribution is 0.111. The van der Waals surface area contributed by atoms with Crippen molar-refractivity contribution in [2.75, 3.05) is 24.6 Å². The number of hydrogen-bond acceptors (Lipinski definition) is 6. The first kappa shape index (κ1) is 21.6. The number of nitrogens with zero attached hydrogens (tertiary/aromatic N) is 3. The molecule has 0 radical (unpaired) electrons. The molecule has 0 atom stereocenters. The number of rotatable bonds is 3. The fraction of sp³-hybridized carbons (Fsp3) is 0.312. The van der Waals surface area contributed by atoms with Gasteiger partial charge in [0.05, 0.1) is 17.1 Å². The Morgan fingerprint density at radius 1 is 1.00 bits per heavy atom. The Labute approximate surface area is 165 Å². The van der Waals surface area contributed by atoms with Gasteiger partial charge in [-0.05, 0) is 18.2 Å². The molecule has 0 aromatic carbocycles. The molecule has 2 aromatic heterocycles. The van der Waals surface area contributed by atoms with Crippen LogP contribution in [0.3, 0.4) is 0 Å². The first-order valence-electron chi connectivity index (χ1n) is 7.71. The highest BCUT2D eigenvalue weighted by atomic mass is 35.5. The van der Waals surface area contributed by atoms with Gasteiger partial charge in [-0.25, -0.2) is 18.4 Å². The highest BCUT2D eigenvalue weighted by Crippen LogP contribution is 2.14. The zero-order valence-corrected chi connectivity index (χ0v) is 16.2. The van der Waals surface area contributed by atoms with Gasteiger partial charge in [-0.3, -0.25) is 9.69 Å². The monoisotopic (exact) mass is 437 g/mol. The summed E-state index contributed by atoms with van der Waals surface area (Å²) in [6.45, 7) is 1.24. The molecule has 146 valence electrons. The average molecular weight is 438 g/mol. The third kappa shape index (κ3) is 6.76. The summed E-state index contributed by atoms with van der Waals surface area (Å²) in [6.07, 6.45) is 0.388. The molecule has 1 fully saturated rings. The van der Waals surface area contributed by atoms with Crippen LogP contribution in [0.1, 0.15) is 15.9 Å². The maximum absolute atomic E-state index is 13.4. The quantitative estimate of drug-likeness (QED) is 0.542. The molecule has 1 saturated heterocycles. The van der Waals surface area contributed by atoms with Crippen LogP contribution in [0.25, 0.3) is 0 Å². The summed E-state index contributed by atoms with van der Waals surface area (Å²) < 4.78 is 48.3. The van der Waals surface area contributed by atoms with Crippen LogP contribution in [-0.2, 0) is 16.4 Å². The molecule has 0 saturated carbocycles. The summed E-state index contributed by atoms with van der Waals surface area (Å²) in [6, 6.07) is 5.74. The zero-order chi connectivity index (χ0) is 20.0. The lowest BCUT2D eigenvalue weighted by Crippen LogP contribution is -2.39. The second kappa shape index (κ2) is 9.50. The Bertz CT molecular complexity index is 915. The number of carbonyl (C=O) groups is 1. The third-order valence-corrected chi connectivity index (χ3v) is 5.72. The predicted octanol–water partition coefficient (Wildman–Crippen LogP) is 2.79. The second-order valence-corrected chi connectivity index (χ2v) is 8.72. The molecule has 0 unspecified atom stereocenters. The van der Waals surface area contributed by atoms with Gasteiger partial charge in [0.1, 0.15) is 10.3 Å². The molecule has 2 aromatic rings. The first-order valence-corrected chi connectivity index (χ1v) is 10.3. The van der Waals surface area contributed by atoms with E-state index in [-0.39, 0.29) is 27.4 Å². The van der Waals surface area contributed by atoms with Gasteiger partial charge in [-0.15, -0.1) is 0 Å². The topological polar surface area (TPSA) is 80.2 Å². The number of hydrogen-bond donors (Lipinski definition) is 0. The molecule has 0 bridgehead atoms. The summed E-state index contributed by atoms with van der Waals surface area (Å²) in [5, 5.41) is 0.163. The van der Waals surface area contributed by atoms with E-state index in [1.165, 1.54) is 18.2 Å². The van der Waals surface area contributed by atoms with Crippen LogP contribution in [0.4, 0.5) is 8.78 Å². The van der Waals surface area contributed by atoms with Gasteiger partial charge >= 0.3 is 0 Å². The molecule has 1 aliphatic rings. The minimum absolute atomic E-state index is 0.0445. The lowest BCUT2D eigenvalue weighted by Gasteiger charge is -2.26. The Morgan fingerprint density at radius 2 is 1.56 bits per heavy atom. The van der Waals surface area contributed by atoms with Crippen LogP contribution < -0.4 is 0 Å². The van der Waals surface area contributed by atoms with E-state index in [2.05, 4.69) is 9.97 Å². The molecule has 27 heavy (non-hydrogen) atoms. The maximum Gasteiger partial charge on any atom is 0.224 e. The normalized spacial score (nSPS) is 16.3. The lowest BCUT2D eigenvalue weighted by atomic mass is 10.2. The molecule has 1 aliphatic heterocycles. The minimum Gasteiger partial charge on any atom is -0.298 e. The summed E-state index contributed by atoms with van der Waals surface area (Å²) in [5.41, 5.74) is 0.359. The number of pyridine rings is 2. The van der Waals surface area contributed by atoms with Crippen LogP contribution in [-0.4, -0.2) is 54.2 Å². The van der Waals surface area contributed by atoms with Gasteiger partial charge in [-0.2, -0.15) is 8.78 Å². The highest BCUT2D eigenvalue weighted by molar-refractivity contribution is 7.91. The van der Waals surface area contributed by atoms with E-state index in [1.54, 1.807) is 6.07 Å². The van der Waals surface area contributed by atoms with E-state index in [4.69, 9.17) is 23.2 Å². The van der Waals surface area contributed by atoms with E-state index in [9.17, 15) is 22.0 Å². The zero-order valence-electron chi connectivity index (χ0n) is 13.9. The predicted molar refractivity (Wildman–Crippen MR) is 97.7 cm³/mol. The van der Waals surface area contributed by atoms with Crippen molar-refractivity contribution >= 4 is 39.3 Å². The Balaban J connectivity index is 0.000000223. The molecule has 0 amide bonds. The van der Waals surface area contributed by atoms with Crippen molar-refractivity contribution < 1.29 is 22.0 Å². The summed E-state index contributed by atoms with van der Waals surface area (Å²) in [7, 11) is -2.90. The van der Waals surface area contributed by atoms with Gasteiger partial charge in [0.15, 0.2) is 16.1 Å². The summed E-state index contributed by atoms with van der Waals surface area (Å²) in [5.74, 6) is -1.15. The smallest absolute Gasteiger partial charge is 0.224 e. The first-order chi connectivity index (χ1) is 12.7. The average Bonchev–Trinajstić information content (AvgIpc) is 2.60. The Kier molecular flexibility index (Phi) is 7.60. The molecule has 0 aliphatic carbocycles. The van der Waals surface area contributed by atoms with Gasteiger partial charge in [0.25, 0.3) is 0 Å². The van der Waals surface area contributed by atoms with Gasteiger partial charge in [0.2, 0.25) is 11.9 Å². The van der Waals surface area contributed by atoms with Crippen molar-refractivity contribution in [3.8, 4) is 0 Å². The second-order valence-electron chi connectivity index (χ2n) is 5.64. The van der Waals surface area contributed by atoms with Crippen molar-refractivity contribution in [3.63, 3.8) is 0 Å². The number of aromatic nitrogens is 2. The van der Waals surface area contributed by atoms with Crippen LogP contribution >= 0.6 is 23.2 Å². The molecular weight excluding hydrogens is 423 g/mol. The fourth-order valence-corrected chi connectivity index (χ4v) is 3.77. The van der Waals surface area contributed by atoms with E-state index in [1.807, 2.05) is 4.90 Å². The van der Waals surface area contributed by atoms with Crippen molar-refractivity contribution in [1.82, 2.24) is 14.9 Å². The van der Waals surface area contributed by atoms with Crippen molar-refractivity contribution in [2.45, 2.75) is 6.54 Å². The number of aldehydes is 1. The van der Waals surface area contributed by atoms with E-state index >= 15 is 0 Å². The number of sulfone groups is 1. The largest absolute Gasteiger partial charge is 0.298 e. The molecule has 11 heteroatoms. The van der Waals surface area contributed by atoms with Crippen molar-refractivity contribution in [3.05, 3.63) is 57.6 Å². The van der Waals surface area contributed by atoms with Gasteiger partial charge in [0, 0.05) is 25.2 Å². The summed E-state index contributed by atoms with van der Waals surface area (Å²) >= 11 is 10.9. The van der Waals surface area contributed by atoms with E-state index < -0.39 is 21.7 Å². The maximum atomic E-state index is 13.4. The number of halogens is 4. The van der Waals surface area contributed by atoms with E-state index in [0.29, 0.717) is 31.5 Å². The van der Waals surface area contributed by atoms with Crippen LogP contribution in [0, 0.1) is 11.9 Å². The van der Waals surface area contributed by atoms with Crippen molar-refractivity contribution in [1.29, 1.82) is 0 Å². The highest BCUT2D eigenvalue weighted by Gasteiger charge is 2.22. The standard InChI is InChI=1S/C10H12ClFN2O2S.C6H3ClFNO/c11-9-2-1-8(10(12)13-9)7-14-3-5-17(15,16)6-4-14;7-5-2-1-4(3-10)6(8)9-5/h1-2H,3-7H2;1-3H. The van der Waals surface area contributed by atoms with Gasteiger partial charge in [-0.1, -0.05) is 29.3 Å². The van der Waals surface area contributed by atoms with Crippen LogP contribution in [0.5, 0.6) is 0 Å². The Hall–Kier alpha value is -1.68. The number of carbonyl (C=O) groups excluding carboxylic acids is 1. The molecular formula is C16H15Cl2F2N3O3S. The fourth-order valence-electron chi connectivity index (χ4n) is 2.22. The van der Waals surface area contributed by atoms with Crippen LogP contribution in [0.2, 0.25) is 10.3 Å². The minimum atomic E-state index is -2.90. The van der Waals surface area contributed by atoms with Crippen molar-refractivity contribution in [2.24, 2.45) is 0 Å². The third-order valence-electron chi connectivity index (χ3n) is 3.69. The molecule has 0 N–H and O–H groups in total. The van der Waals surface area contributed by atoms with Gasteiger partial charge < -0.3 is 0 Å². The van der Waals surface area contributed by atoms with Crippen LogP contribution in [0.15, 0.2) is 24.3 Å².